The maximum absolute atomic E-state index is 2.51. The van der Waals surface area contributed by atoms with E-state index in [1.165, 1.54) is 88.9 Å². The highest BCUT2D eigenvalue weighted by Gasteiger charge is 2.39. The Morgan fingerprint density at radius 1 is 0.257 bits per heavy atom. The lowest BCUT2D eigenvalue weighted by atomic mass is 9.80. The summed E-state index contributed by atoms with van der Waals surface area (Å²) < 4.78 is 0. The number of fused-ring (bicyclic) bond motifs is 7. The quantitative estimate of drug-likeness (QED) is 0.164. The van der Waals surface area contributed by atoms with Crippen LogP contribution in [0.25, 0.3) is 33.0 Å². The van der Waals surface area contributed by atoms with Crippen molar-refractivity contribution in [3.05, 3.63) is 202 Å². The molecule has 2 aliphatic rings. The van der Waals surface area contributed by atoms with Gasteiger partial charge in [0.1, 0.15) is 0 Å². The smallest absolute Gasteiger partial charge is 0.0465 e. The van der Waals surface area contributed by atoms with Crippen LogP contribution in [0.4, 0.5) is 34.1 Å². The van der Waals surface area contributed by atoms with Crippen LogP contribution in [-0.2, 0) is 32.5 Å². The first-order valence-corrected chi connectivity index (χ1v) is 25.7. The van der Waals surface area contributed by atoms with Crippen LogP contribution in [0.5, 0.6) is 0 Å². The van der Waals surface area contributed by atoms with E-state index >= 15 is 0 Å². The van der Waals surface area contributed by atoms with Gasteiger partial charge in [-0.05, 0) is 196 Å². The van der Waals surface area contributed by atoms with Crippen LogP contribution in [0.15, 0.2) is 158 Å². The molecule has 0 heterocycles. The van der Waals surface area contributed by atoms with Gasteiger partial charge in [-0.1, -0.05) is 171 Å². The monoisotopic (exact) mass is 919 g/mol. The van der Waals surface area contributed by atoms with Gasteiger partial charge < -0.3 is 9.80 Å². The predicted molar refractivity (Wildman–Crippen MR) is 303 cm³/mol. The molecular formula is C68H74N2. The summed E-state index contributed by atoms with van der Waals surface area (Å²) in [6.07, 6.45) is 0. The molecule has 356 valence electrons. The lowest BCUT2D eigenvalue weighted by molar-refractivity contribution is 0.590. The standard InChI is InChI=1S/C68H74N2/c1-63(2,3)45-17-25-49(26-18-45)69(50-27-19-46(20-28-50)64(4,5)6)53-33-35-55-57-37-43-38-58-56-36-34-54(42-62(56)68(15,16)60(58)40-44(43)39-59(57)67(13,14)61(55)41-53)70(51-29-21-47(22-30-51)65(7,8)9)52-31-23-48(24-32-52)66(10,11)12/h17-42H,1-16H3. The molecule has 0 amide bonds. The van der Waals surface area contributed by atoms with Crippen LogP contribution < -0.4 is 9.80 Å². The van der Waals surface area contributed by atoms with E-state index in [0.717, 1.165) is 22.7 Å². The minimum atomic E-state index is -0.196. The fraction of sp³-hybridized carbons (Fsp3) is 0.324. The molecule has 0 fully saturated rings. The maximum Gasteiger partial charge on any atom is 0.0465 e. The highest BCUT2D eigenvalue weighted by molar-refractivity contribution is 5.99. The molecule has 0 spiro atoms. The third kappa shape index (κ3) is 8.06. The van der Waals surface area contributed by atoms with Crippen molar-refractivity contribution >= 4 is 44.9 Å². The van der Waals surface area contributed by atoms with E-state index in [4.69, 9.17) is 0 Å². The molecule has 0 N–H and O–H groups in total. The SMILES string of the molecule is CC(C)(C)c1ccc(N(c2ccc(C(C)(C)C)cc2)c2ccc3c(c2)C(C)(C)c2cc4cc5c(cc4cc2-3)-c2ccc(N(c3ccc(C(C)(C)C)cc3)c3ccc(C(C)(C)C)cc3)cc2C5(C)C)cc1. The highest BCUT2D eigenvalue weighted by atomic mass is 15.1. The summed E-state index contributed by atoms with van der Waals surface area (Å²) in [6, 6.07) is 61.1. The van der Waals surface area contributed by atoms with Gasteiger partial charge in [0.05, 0.1) is 0 Å². The number of anilines is 6. The lowest BCUT2D eigenvalue weighted by Gasteiger charge is -2.29. The first kappa shape index (κ1) is 47.3. The third-order valence-electron chi connectivity index (χ3n) is 15.9. The van der Waals surface area contributed by atoms with E-state index in [-0.39, 0.29) is 32.5 Å². The van der Waals surface area contributed by atoms with Gasteiger partial charge in [0.25, 0.3) is 0 Å². The van der Waals surface area contributed by atoms with Crippen molar-refractivity contribution < 1.29 is 0 Å². The molecular weight excluding hydrogens is 845 g/mol. The van der Waals surface area contributed by atoms with Crippen molar-refractivity contribution in [2.24, 2.45) is 0 Å². The minimum absolute atomic E-state index is 0.0783. The molecule has 2 heteroatoms. The van der Waals surface area contributed by atoms with Crippen molar-refractivity contribution in [3.8, 4) is 22.3 Å². The molecule has 0 bridgehead atoms. The molecule has 0 radical (unpaired) electrons. The van der Waals surface area contributed by atoms with Gasteiger partial charge >= 0.3 is 0 Å². The Balaban J connectivity index is 1.05. The molecule has 0 aromatic heterocycles. The van der Waals surface area contributed by atoms with Crippen molar-refractivity contribution in [1.82, 2.24) is 0 Å². The first-order chi connectivity index (χ1) is 32.7. The van der Waals surface area contributed by atoms with Crippen LogP contribution in [-0.4, -0.2) is 0 Å². The fourth-order valence-corrected chi connectivity index (χ4v) is 11.3. The largest absolute Gasteiger partial charge is 0.310 e. The van der Waals surface area contributed by atoms with E-state index in [9.17, 15) is 0 Å². The second-order valence-corrected chi connectivity index (χ2v) is 25.7. The molecule has 0 saturated carbocycles. The number of nitrogens with zero attached hydrogens (tertiary/aromatic N) is 2. The Morgan fingerprint density at radius 3 is 0.743 bits per heavy atom. The molecule has 2 nitrogen and oxygen atoms in total. The van der Waals surface area contributed by atoms with Gasteiger partial charge in [-0.3, -0.25) is 0 Å². The number of benzene rings is 8. The number of rotatable bonds is 6. The van der Waals surface area contributed by atoms with E-state index in [2.05, 4.69) is 278 Å². The highest BCUT2D eigenvalue weighted by Crippen LogP contribution is 2.55. The van der Waals surface area contributed by atoms with Crippen LogP contribution in [0, 0.1) is 0 Å². The molecule has 0 aliphatic heterocycles. The summed E-state index contributed by atoms with van der Waals surface area (Å²) >= 11 is 0. The van der Waals surface area contributed by atoms with Crippen LogP contribution in [0.2, 0.25) is 0 Å². The van der Waals surface area contributed by atoms with E-state index in [0.29, 0.717) is 0 Å². The van der Waals surface area contributed by atoms with Crippen molar-refractivity contribution in [2.75, 3.05) is 9.80 Å². The zero-order chi connectivity index (χ0) is 50.1. The Morgan fingerprint density at radius 2 is 0.486 bits per heavy atom. The van der Waals surface area contributed by atoms with E-state index < -0.39 is 0 Å². The van der Waals surface area contributed by atoms with Gasteiger partial charge in [-0.2, -0.15) is 0 Å². The summed E-state index contributed by atoms with van der Waals surface area (Å²) in [7, 11) is 0. The topological polar surface area (TPSA) is 6.48 Å². The molecule has 8 aromatic carbocycles. The average Bonchev–Trinajstić information content (AvgIpc) is 3.64. The predicted octanol–water partition coefficient (Wildman–Crippen LogP) is 19.6. The van der Waals surface area contributed by atoms with Crippen LogP contribution >= 0.6 is 0 Å². The van der Waals surface area contributed by atoms with Crippen LogP contribution in [0.1, 0.15) is 155 Å². The third-order valence-corrected chi connectivity index (χ3v) is 15.9. The molecule has 0 unspecified atom stereocenters. The normalized spacial score (nSPS) is 14.8. The molecule has 2 aliphatic carbocycles. The van der Waals surface area contributed by atoms with Crippen molar-refractivity contribution in [2.45, 2.75) is 143 Å². The van der Waals surface area contributed by atoms with Gasteiger partial charge in [0.2, 0.25) is 0 Å². The molecule has 10 rings (SSSR count). The summed E-state index contributed by atoms with van der Waals surface area (Å²) in [5, 5.41) is 2.59. The summed E-state index contributed by atoms with van der Waals surface area (Å²) in [6.45, 7) is 37.1. The van der Waals surface area contributed by atoms with Gasteiger partial charge in [-0.15, -0.1) is 0 Å². The number of hydrogen-bond donors (Lipinski definition) is 0. The summed E-state index contributed by atoms with van der Waals surface area (Å²) in [4.78, 5) is 4.88. The fourth-order valence-electron chi connectivity index (χ4n) is 11.3. The van der Waals surface area contributed by atoms with Gasteiger partial charge in [0.15, 0.2) is 0 Å². The first-order valence-electron chi connectivity index (χ1n) is 25.7. The molecule has 8 aromatic rings. The molecule has 0 atom stereocenters. The lowest BCUT2D eigenvalue weighted by Crippen LogP contribution is -2.17. The molecule has 70 heavy (non-hydrogen) atoms. The zero-order valence-corrected chi connectivity index (χ0v) is 44.9. The second-order valence-electron chi connectivity index (χ2n) is 25.7. The Hall–Kier alpha value is -6.38. The molecule has 0 saturated heterocycles. The van der Waals surface area contributed by atoms with E-state index in [1.807, 2.05) is 0 Å². The minimum Gasteiger partial charge on any atom is -0.310 e. The average molecular weight is 919 g/mol. The van der Waals surface area contributed by atoms with Crippen molar-refractivity contribution in [3.63, 3.8) is 0 Å². The second kappa shape index (κ2) is 16.1. The summed E-state index contributed by atoms with van der Waals surface area (Å²) in [5.74, 6) is 0. The van der Waals surface area contributed by atoms with Crippen molar-refractivity contribution in [1.29, 1.82) is 0 Å². The van der Waals surface area contributed by atoms with Crippen LogP contribution in [0.3, 0.4) is 0 Å². The Kier molecular flexibility index (Phi) is 10.9. The maximum atomic E-state index is 2.51. The summed E-state index contributed by atoms with van der Waals surface area (Å²) in [5.41, 5.74) is 23.1. The number of hydrogen-bond acceptors (Lipinski definition) is 2. The Bertz CT molecular complexity index is 2960. The van der Waals surface area contributed by atoms with Gasteiger partial charge in [0, 0.05) is 45.0 Å². The van der Waals surface area contributed by atoms with Gasteiger partial charge in [-0.25, -0.2) is 0 Å². The van der Waals surface area contributed by atoms with E-state index in [1.54, 1.807) is 0 Å². The zero-order valence-electron chi connectivity index (χ0n) is 44.9. The Labute approximate surface area is 420 Å².